The summed E-state index contributed by atoms with van der Waals surface area (Å²) in [6, 6.07) is 9.31. The molecule has 1 aromatic heterocycles. The second kappa shape index (κ2) is 4.41. The van der Waals surface area contributed by atoms with Crippen molar-refractivity contribution in [3.8, 4) is 11.1 Å². The maximum absolute atomic E-state index is 13.8. The van der Waals surface area contributed by atoms with E-state index in [1.807, 2.05) is 30.3 Å². The minimum Gasteiger partial charge on any atom is -0.264 e. The van der Waals surface area contributed by atoms with Gasteiger partial charge in [0.15, 0.2) is 0 Å². The van der Waals surface area contributed by atoms with Gasteiger partial charge in [-0.1, -0.05) is 30.3 Å². The lowest BCUT2D eigenvalue weighted by atomic mass is 10.1. The van der Waals surface area contributed by atoms with Crippen LogP contribution in [0.1, 0.15) is 5.56 Å². The highest BCUT2D eigenvalue weighted by Crippen LogP contribution is 2.24. The van der Waals surface area contributed by atoms with Gasteiger partial charge in [-0.3, -0.25) is 4.98 Å². The first kappa shape index (κ1) is 10.1. The summed E-state index contributed by atoms with van der Waals surface area (Å²) < 4.78 is 13.8. The van der Waals surface area contributed by atoms with E-state index in [-0.39, 0.29) is 11.7 Å². The van der Waals surface area contributed by atoms with Crippen molar-refractivity contribution >= 4 is 11.6 Å². The van der Waals surface area contributed by atoms with E-state index >= 15 is 0 Å². The molecule has 2 rings (SSSR count). The summed E-state index contributed by atoms with van der Waals surface area (Å²) in [6.07, 6.45) is 2.97. The number of hydrogen-bond donors (Lipinski definition) is 0. The number of aromatic nitrogens is 1. The molecule has 0 aliphatic carbocycles. The van der Waals surface area contributed by atoms with Gasteiger partial charge in [0.2, 0.25) is 0 Å². The smallest absolute Gasteiger partial charge is 0.138 e. The topological polar surface area (TPSA) is 12.9 Å². The minimum atomic E-state index is -0.286. The monoisotopic (exact) mass is 221 g/mol. The maximum Gasteiger partial charge on any atom is 0.138 e. The van der Waals surface area contributed by atoms with Crippen molar-refractivity contribution in [2.24, 2.45) is 0 Å². The van der Waals surface area contributed by atoms with Gasteiger partial charge < -0.3 is 0 Å². The third-order valence-electron chi connectivity index (χ3n) is 2.18. The Kier molecular flexibility index (Phi) is 2.97. The van der Waals surface area contributed by atoms with Gasteiger partial charge in [0, 0.05) is 23.5 Å². The number of benzene rings is 1. The average Bonchev–Trinajstić information content (AvgIpc) is 2.30. The lowest BCUT2D eigenvalue weighted by molar-refractivity contribution is 0.618. The van der Waals surface area contributed by atoms with Crippen LogP contribution in [0, 0.1) is 5.82 Å². The van der Waals surface area contributed by atoms with Crippen molar-refractivity contribution in [1.29, 1.82) is 0 Å². The van der Waals surface area contributed by atoms with E-state index in [2.05, 4.69) is 4.98 Å². The van der Waals surface area contributed by atoms with Crippen LogP contribution in [-0.2, 0) is 5.88 Å². The molecule has 0 N–H and O–H groups in total. The highest BCUT2D eigenvalue weighted by atomic mass is 35.5. The Morgan fingerprint density at radius 2 is 1.87 bits per heavy atom. The van der Waals surface area contributed by atoms with Crippen LogP contribution >= 0.6 is 11.6 Å². The molecule has 76 valence electrons. The normalized spacial score (nSPS) is 10.3. The second-order valence-corrected chi connectivity index (χ2v) is 3.43. The molecule has 0 aliphatic heterocycles. The summed E-state index contributed by atoms with van der Waals surface area (Å²) in [5, 5.41) is 0. The van der Waals surface area contributed by atoms with Crippen molar-refractivity contribution < 1.29 is 4.39 Å². The molecule has 3 heteroatoms. The molecule has 0 bridgehead atoms. The maximum atomic E-state index is 13.8. The third kappa shape index (κ3) is 2.00. The number of pyridine rings is 1. The lowest BCUT2D eigenvalue weighted by Gasteiger charge is -2.05. The SMILES string of the molecule is Fc1c(CCl)cncc1-c1ccccc1. The summed E-state index contributed by atoms with van der Waals surface area (Å²) >= 11 is 5.61. The quantitative estimate of drug-likeness (QED) is 0.706. The number of rotatable bonds is 2. The van der Waals surface area contributed by atoms with E-state index in [1.54, 1.807) is 0 Å². The highest BCUT2D eigenvalue weighted by molar-refractivity contribution is 6.17. The summed E-state index contributed by atoms with van der Waals surface area (Å²) in [5.41, 5.74) is 1.74. The fourth-order valence-electron chi connectivity index (χ4n) is 1.40. The fraction of sp³-hybridized carbons (Fsp3) is 0.0833. The van der Waals surface area contributed by atoms with Crippen LogP contribution < -0.4 is 0 Å². The Labute approximate surface area is 92.5 Å². The van der Waals surface area contributed by atoms with Crippen LogP contribution in [0.4, 0.5) is 4.39 Å². The Morgan fingerprint density at radius 1 is 1.13 bits per heavy atom. The molecule has 2 aromatic rings. The van der Waals surface area contributed by atoms with Gasteiger partial charge >= 0.3 is 0 Å². The van der Waals surface area contributed by atoms with Crippen molar-refractivity contribution in [2.45, 2.75) is 5.88 Å². The zero-order valence-corrected chi connectivity index (χ0v) is 8.71. The van der Waals surface area contributed by atoms with Crippen molar-refractivity contribution in [3.05, 3.63) is 54.1 Å². The first-order valence-electron chi connectivity index (χ1n) is 4.56. The molecule has 0 unspecified atom stereocenters. The Hall–Kier alpha value is -1.41. The molecule has 0 aliphatic rings. The van der Waals surface area contributed by atoms with Gasteiger partial charge in [0.1, 0.15) is 5.82 Å². The van der Waals surface area contributed by atoms with Crippen LogP contribution in [0.5, 0.6) is 0 Å². The van der Waals surface area contributed by atoms with Crippen molar-refractivity contribution in [3.63, 3.8) is 0 Å². The molecule has 1 nitrogen and oxygen atoms in total. The highest BCUT2D eigenvalue weighted by Gasteiger charge is 2.09. The van der Waals surface area contributed by atoms with Crippen molar-refractivity contribution in [1.82, 2.24) is 4.98 Å². The van der Waals surface area contributed by atoms with Crippen LogP contribution in [0.2, 0.25) is 0 Å². The second-order valence-electron chi connectivity index (χ2n) is 3.16. The number of alkyl halides is 1. The standard InChI is InChI=1S/C12H9ClFN/c13-6-10-7-15-8-11(12(10)14)9-4-2-1-3-5-9/h1-5,7-8H,6H2. The first-order chi connectivity index (χ1) is 7.33. The minimum absolute atomic E-state index is 0.138. The van der Waals surface area contributed by atoms with Gasteiger partial charge in [-0.05, 0) is 5.56 Å². The molecule has 0 saturated heterocycles. The molecular formula is C12H9ClFN. The van der Waals surface area contributed by atoms with E-state index < -0.39 is 0 Å². The fourth-order valence-corrected chi connectivity index (χ4v) is 1.59. The van der Waals surface area contributed by atoms with Gasteiger partial charge in [0.05, 0.1) is 5.88 Å². The zero-order chi connectivity index (χ0) is 10.7. The summed E-state index contributed by atoms with van der Waals surface area (Å²) in [4.78, 5) is 3.97. The van der Waals surface area contributed by atoms with Crippen LogP contribution in [0.25, 0.3) is 11.1 Å². The molecule has 0 amide bonds. The van der Waals surface area contributed by atoms with E-state index in [0.29, 0.717) is 11.1 Å². The molecule has 15 heavy (non-hydrogen) atoms. The van der Waals surface area contributed by atoms with Gasteiger partial charge in [0.25, 0.3) is 0 Å². The van der Waals surface area contributed by atoms with Crippen LogP contribution in [-0.4, -0.2) is 4.98 Å². The Balaban J connectivity index is 2.54. The third-order valence-corrected chi connectivity index (χ3v) is 2.47. The van der Waals surface area contributed by atoms with E-state index in [4.69, 9.17) is 11.6 Å². The average molecular weight is 222 g/mol. The Morgan fingerprint density at radius 3 is 2.53 bits per heavy atom. The lowest BCUT2D eigenvalue weighted by Crippen LogP contribution is -1.92. The van der Waals surface area contributed by atoms with Gasteiger partial charge in [-0.2, -0.15) is 0 Å². The number of nitrogens with zero attached hydrogens (tertiary/aromatic N) is 1. The van der Waals surface area contributed by atoms with Crippen LogP contribution in [0.15, 0.2) is 42.7 Å². The molecule has 0 radical (unpaired) electrons. The predicted octanol–water partition coefficient (Wildman–Crippen LogP) is 3.63. The van der Waals surface area contributed by atoms with Gasteiger partial charge in [-0.25, -0.2) is 4.39 Å². The van der Waals surface area contributed by atoms with Crippen LogP contribution in [0.3, 0.4) is 0 Å². The molecule has 0 fully saturated rings. The molecular weight excluding hydrogens is 213 g/mol. The zero-order valence-electron chi connectivity index (χ0n) is 7.95. The van der Waals surface area contributed by atoms with Gasteiger partial charge in [-0.15, -0.1) is 11.6 Å². The largest absolute Gasteiger partial charge is 0.264 e. The summed E-state index contributed by atoms with van der Waals surface area (Å²) in [7, 11) is 0. The van der Waals surface area contributed by atoms with E-state index in [1.165, 1.54) is 12.4 Å². The number of hydrogen-bond acceptors (Lipinski definition) is 1. The summed E-state index contributed by atoms with van der Waals surface area (Å²) in [6.45, 7) is 0. The van der Waals surface area contributed by atoms with E-state index in [0.717, 1.165) is 5.56 Å². The Bertz CT molecular complexity index is 456. The van der Waals surface area contributed by atoms with E-state index in [9.17, 15) is 4.39 Å². The molecule has 1 aromatic carbocycles. The summed E-state index contributed by atoms with van der Waals surface area (Å²) in [5.74, 6) is -0.148. The molecule has 0 spiro atoms. The first-order valence-corrected chi connectivity index (χ1v) is 5.10. The van der Waals surface area contributed by atoms with Crippen molar-refractivity contribution in [2.75, 3.05) is 0 Å². The molecule has 1 heterocycles. The molecule has 0 saturated carbocycles. The predicted molar refractivity (Wildman–Crippen MR) is 59.2 cm³/mol. The molecule has 0 atom stereocenters. The number of halogens is 2.